The number of benzene rings is 1. The Balaban J connectivity index is 1.90. The van der Waals surface area contributed by atoms with Crippen LogP contribution in [0.2, 0.25) is 0 Å². The summed E-state index contributed by atoms with van der Waals surface area (Å²) in [6.45, 7) is 7.27. The minimum absolute atomic E-state index is 0.0425. The van der Waals surface area contributed by atoms with E-state index in [0.717, 1.165) is 38.4 Å². The molecule has 0 unspecified atom stereocenters. The van der Waals surface area contributed by atoms with E-state index < -0.39 is 0 Å². The Morgan fingerprint density at radius 3 is 2.67 bits per heavy atom. The third-order valence-electron chi connectivity index (χ3n) is 4.09. The van der Waals surface area contributed by atoms with Crippen molar-refractivity contribution in [1.82, 2.24) is 9.80 Å². The van der Waals surface area contributed by atoms with Gasteiger partial charge in [0.1, 0.15) is 0 Å². The van der Waals surface area contributed by atoms with Crippen LogP contribution in [-0.4, -0.2) is 61.6 Å². The molecule has 128 valence electrons. The quantitative estimate of drug-likeness (QED) is 0.720. The topological polar surface area (TPSA) is 56.6 Å². The molecule has 1 heterocycles. The van der Waals surface area contributed by atoms with Crippen molar-refractivity contribution >= 4 is 12.0 Å². The highest BCUT2D eigenvalue weighted by atomic mass is 16.5. The third-order valence-corrected chi connectivity index (χ3v) is 4.09. The second kappa shape index (κ2) is 9.86. The van der Waals surface area contributed by atoms with Gasteiger partial charge >= 0.3 is 0 Å². The predicted octanol–water partition coefficient (Wildman–Crippen LogP) is 2.08. The maximum atomic E-state index is 12.4. The van der Waals surface area contributed by atoms with Crippen LogP contribution in [0.4, 0.5) is 0 Å². The second-order valence-corrected chi connectivity index (χ2v) is 5.93. The monoisotopic (exact) mass is 327 g/mol. The molecule has 1 aliphatic rings. The summed E-state index contributed by atoms with van der Waals surface area (Å²) in [5.41, 5.74) is 2.20. The number of aryl methyl sites for hydroxylation is 1. The van der Waals surface area contributed by atoms with Crippen LogP contribution in [0.1, 0.15) is 17.5 Å². The molecule has 2 rings (SSSR count). The molecule has 0 radical (unpaired) electrons. The average Bonchev–Trinajstić information content (AvgIpc) is 2.62. The van der Waals surface area contributed by atoms with Gasteiger partial charge in [0.15, 0.2) is 0 Å². The van der Waals surface area contributed by atoms with Gasteiger partial charge in [-0.2, -0.15) is 5.26 Å². The van der Waals surface area contributed by atoms with E-state index in [1.807, 2.05) is 37.3 Å². The summed E-state index contributed by atoms with van der Waals surface area (Å²) in [7, 11) is 0. The van der Waals surface area contributed by atoms with E-state index in [2.05, 4.69) is 11.0 Å². The van der Waals surface area contributed by atoms with E-state index in [1.54, 1.807) is 11.0 Å². The van der Waals surface area contributed by atoms with E-state index >= 15 is 0 Å². The molecule has 5 heteroatoms. The normalized spacial score (nSPS) is 15.3. The van der Waals surface area contributed by atoms with Crippen molar-refractivity contribution in [1.29, 1.82) is 5.26 Å². The molecule has 0 saturated carbocycles. The van der Waals surface area contributed by atoms with Crippen molar-refractivity contribution in [2.45, 2.75) is 13.3 Å². The summed E-state index contributed by atoms with van der Waals surface area (Å²) in [6, 6.07) is 10.2. The Morgan fingerprint density at radius 2 is 2.00 bits per heavy atom. The fraction of sp³-hybridized carbons (Fsp3) is 0.474. The average molecular weight is 327 g/mol. The zero-order valence-electron chi connectivity index (χ0n) is 14.3. The van der Waals surface area contributed by atoms with Crippen molar-refractivity contribution in [3.63, 3.8) is 0 Å². The lowest BCUT2D eigenvalue weighted by Crippen LogP contribution is -2.43. The molecule has 0 N–H and O–H groups in total. The van der Waals surface area contributed by atoms with Crippen molar-refractivity contribution in [3.8, 4) is 6.07 Å². The van der Waals surface area contributed by atoms with Crippen LogP contribution in [0.25, 0.3) is 6.08 Å². The van der Waals surface area contributed by atoms with Crippen molar-refractivity contribution in [2.75, 3.05) is 45.9 Å². The summed E-state index contributed by atoms with van der Waals surface area (Å²) < 4.78 is 5.34. The number of rotatable bonds is 7. The van der Waals surface area contributed by atoms with Crippen LogP contribution in [0.3, 0.4) is 0 Å². The van der Waals surface area contributed by atoms with Crippen molar-refractivity contribution < 1.29 is 9.53 Å². The molecule has 1 saturated heterocycles. The molecule has 0 aromatic heterocycles. The number of hydrogen-bond donors (Lipinski definition) is 0. The molecule has 0 atom stereocenters. The van der Waals surface area contributed by atoms with Gasteiger partial charge in [0.25, 0.3) is 0 Å². The highest BCUT2D eigenvalue weighted by molar-refractivity contribution is 5.91. The molecule has 1 aliphatic heterocycles. The molecule has 1 aromatic rings. The smallest absolute Gasteiger partial charge is 0.246 e. The molecule has 5 nitrogen and oxygen atoms in total. The first-order valence-corrected chi connectivity index (χ1v) is 8.40. The van der Waals surface area contributed by atoms with E-state index in [9.17, 15) is 4.79 Å². The van der Waals surface area contributed by atoms with Gasteiger partial charge in [0, 0.05) is 38.8 Å². The fourth-order valence-electron chi connectivity index (χ4n) is 2.55. The number of amides is 1. The zero-order chi connectivity index (χ0) is 17.2. The van der Waals surface area contributed by atoms with Gasteiger partial charge in [-0.1, -0.05) is 29.8 Å². The zero-order valence-corrected chi connectivity index (χ0v) is 14.3. The van der Waals surface area contributed by atoms with Gasteiger partial charge in [-0.15, -0.1) is 0 Å². The van der Waals surface area contributed by atoms with Crippen LogP contribution >= 0.6 is 0 Å². The van der Waals surface area contributed by atoms with Crippen LogP contribution in [0.15, 0.2) is 30.3 Å². The van der Waals surface area contributed by atoms with Crippen LogP contribution < -0.4 is 0 Å². The number of ether oxygens (including phenoxy) is 1. The summed E-state index contributed by atoms with van der Waals surface area (Å²) in [5, 5.41) is 8.81. The van der Waals surface area contributed by atoms with Gasteiger partial charge in [0.2, 0.25) is 5.91 Å². The Kier molecular flexibility index (Phi) is 7.47. The van der Waals surface area contributed by atoms with Gasteiger partial charge in [-0.25, -0.2) is 0 Å². The number of carbonyl (C=O) groups is 1. The number of nitrogens with zero attached hydrogens (tertiary/aromatic N) is 3. The van der Waals surface area contributed by atoms with E-state index in [1.165, 1.54) is 5.56 Å². The van der Waals surface area contributed by atoms with E-state index in [0.29, 0.717) is 19.5 Å². The number of morpholine rings is 1. The van der Waals surface area contributed by atoms with Crippen LogP contribution in [-0.2, 0) is 9.53 Å². The van der Waals surface area contributed by atoms with Gasteiger partial charge in [0.05, 0.1) is 25.7 Å². The molecule has 1 aromatic carbocycles. The first-order valence-electron chi connectivity index (χ1n) is 8.40. The van der Waals surface area contributed by atoms with Gasteiger partial charge in [-0.3, -0.25) is 9.69 Å². The first-order chi connectivity index (χ1) is 11.7. The van der Waals surface area contributed by atoms with E-state index in [-0.39, 0.29) is 5.91 Å². The molecular formula is C19H25N3O2. The van der Waals surface area contributed by atoms with E-state index in [4.69, 9.17) is 10.00 Å². The third kappa shape index (κ3) is 6.15. The van der Waals surface area contributed by atoms with Gasteiger partial charge < -0.3 is 9.64 Å². The SMILES string of the molecule is Cc1ccc(/C=C/C(=O)N(CCC#N)CCN2CCOCC2)cc1. The lowest BCUT2D eigenvalue weighted by Gasteiger charge is -2.29. The fourth-order valence-corrected chi connectivity index (χ4v) is 2.55. The maximum absolute atomic E-state index is 12.4. The molecular weight excluding hydrogens is 302 g/mol. The summed E-state index contributed by atoms with van der Waals surface area (Å²) in [5.74, 6) is -0.0425. The number of hydrogen-bond acceptors (Lipinski definition) is 4. The molecule has 1 amide bonds. The second-order valence-electron chi connectivity index (χ2n) is 5.93. The Bertz CT molecular complexity index is 584. The van der Waals surface area contributed by atoms with Crippen LogP contribution in [0.5, 0.6) is 0 Å². The largest absolute Gasteiger partial charge is 0.379 e. The minimum Gasteiger partial charge on any atom is -0.379 e. The van der Waals surface area contributed by atoms with Crippen molar-refractivity contribution in [2.24, 2.45) is 0 Å². The Labute approximate surface area is 144 Å². The lowest BCUT2D eigenvalue weighted by atomic mass is 10.1. The lowest BCUT2D eigenvalue weighted by molar-refractivity contribution is -0.126. The standard InChI is InChI=1S/C19H25N3O2/c1-17-3-5-18(6-4-17)7-8-19(23)22(10-2-9-20)12-11-21-13-15-24-16-14-21/h3-8H,2,10-16H2,1H3/b8-7+. The maximum Gasteiger partial charge on any atom is 0.246 e. The Hall–Kier alpha value is -2.16. The highest BCUT2D eigenvalue weighted by Crippen LogP contribution is 2.06. The van der Waals surface area contributed by atoms with Crippen molar-refractivity contribution in [3.05, 3.63) is 41.5 Å². The molecule has 1 fully saturated rings. The predicted molar refractivity (Wildman–Crippen MR) is 94.3 cm³/mol. The summed E-state index contributed by atoms with van der Waals surface area (Å²) in [4.78, 5) is 16.5. The summed E-state index contributed by atoms with van der Waals surface area (Å²) >= 11 is 0. The molecule has 0 aliphatic carbocycles. The van der Waals surface area contributed by atoms with Crippen LogP contribution in [0, 0.1) is 18.3 Å². The summed E-state index contributed by atoms with van der Waals surface area (Å²) in [6.07, 6.45) is 3.78. The first kappa shape index (κ1) is 18.2. The minimum atomic E-state index is -0.0425. The number of carbonyl (C=O) groups excluding carboxylic acids is 1. The molecule has 24 heavy (non-hydrogen) atoms. The molecule has 0 bridgehead atoms. The Morgan fingerprint density at radius 1 is 1.29 bits per heavy atom. The van der Waals surface area contributed by atoms with Gasteiger partial charge in [-0.05, 0) is 18.6 Å². The molecule has 0 spiro atoms. The highest BCUT2D eigenvalue weighted by Gasteiger charge is 2.14. The number of nitriles is 1.